The second kappa shape index (κ2) is 8.47. The Morgan fingerprint density at radius 2 is 2.11 bits per heavy atom. The van der Waals surface area contributed by atoms with Crippen LogP contribution in [0, 0.1) is 0 Å². The molecule has 1 aromatic rings. The van der Waals surface area contributed by atoms with Crippen molar-refractivity contribution in [2.75, 3.05) is 13.7 Å². The van der Waals surface area contributed by atoms with Crippen molar-refractivity contribution in [2.45, 2.75) is 19.8 Å². The van der Waals surface area contributed by atoms with Crippen molar-refractivity contribution in [1.29, 1.82) is 0 Å². The second-order valence-electron chi connectivity index (χ2n) is 3.72. The summed E-state index contributed by atoms with van der Waals surface area (Å²) in [5.74, 6) is 0.888. The van der Waals surface area contributed by atoms with Crippen LogP contribution < -0.4 is 15.5 Å². The van der Waals surface area contributed by atoms with E-state index in [0.29, 0.717) is 5.11 Å². The van der Waals surface area contributed by atoms with E-state index in [-0.39, 0.29) is 0 Å². The predicted octanol–water partition coefficient (Wildman–Crippen LogP) is 2.29. The highest BCUT2D eigenvalue weighted by atomic mass is 32.1. The Bertz CT molecular complexity index is 390. The van der Waals surface area contributed by atoms with Gasteiger partial charge >= 0.3 is 0 Å². The number of hydrogen-bond acceptors (Lipinski definition) is 3. The molecule has 1 aromatic carbocycles. The zero-order valence-electron chi connectivity index (χ0n) is 10.8. The molecule has 0 spiro atoms. The summed E-state index contributed by atoms with van der Waals surface area (Å²) in [6.07, 6.45) is 3.93. The van der Waals surface area contributed by atoms with Gasteiger partial charge in [-0.3, -0.25) is 5.43 Å². The van der Waals surface area contributed by atoms with Crippen molar-refractivity contribution >= 4 is 23.5 Å². The number of nitrogens with zero attached hydrogens (tertiary/aromatic N) is 1. The Morgan fingerprint density at radius 1 is 1.39 bits per heavy atom. The number of rotatable bonds is 6. The van der Waals surface area contributed by atoms with E-state index in [1.54, 1.807) is 13.3 Å². The molecule has 0 atom stereocenters. The Kier molecular flexibility index (Phi) is 6.79. The first-order valence-electron chi connectivity index (χ1n) is 6.00. The third kappa shape index (κ3) is 5.63. The van der Waals surface area contributed by atoms with E-state index in [9.17, 15) is 0 Å². The van der Waals surface area contributed by atoms with Crippen LogP contribution >= 0.6 is 12.2 Å². The molecule has 0 aliphatic heterocycles. The van der Waals surface area contributed by atoms with Crippen LogP contribution in [-0.2, 0) is 0 Å². The minimum absolute atomic E-state index is 0.491. The first-order chi connectivity index (χ1) is 8.76. The van der Waals surface area contributed by atoms with Crippen LogP contribution in [0.2, 0.25) is 0 Å². The quantitative estimate of drug-likeness (QED) is 0.358. The van der Waals surface area contributed by atoms with Crippen LogP contribution in [-0.4, -0.2) is 25.0 Å². The summed E-state index contributed by atoms with van der Waals surface area (Å²) in [7, 11) is 1.74. The lowest BCUT2D eigenvalue weighted by molar-refractivity contribution is 0.309. The lowest BCUT2D eigenvalue weighted by Crippen LogP contribution is -2.28. The van der Waals surface area contributed by atoms with Crippen LogP contribution in [0.25, 0.3) is 0 Å². The summed E-state index contributed by atoms with van der Waals surface area (Å²) in [6, 6.07) is 7.78. The van der Waals surface area contributed by atoms with E-state index in [0.717, 1.165) is 30.8 Å². The van der Waals surface area contributed by atoms with Gasteiger partial charge in [0, 0.05) is 7.05 Å². The van der Waals surface area contributed by atoms with Crippen LogP contribution in [0.4, 0.5) is 0 Å². The number of ether oxygens (including phenoxy) is 1. The van der Waals surface area contributed by atoms with Crippen molar-refractivity contribution in [1.82, 2.24) is 10.7 Å². The lowest BCUT2D eigenvalue weighted by atomic mass is 10.2. The van der Waals surface area contributed by atoms with Gasteiger partial charge in [0.15, 0.2) is 5.11 Å². The highest BCUT2D eigenvalue weighted by Crippen LogP contribution is 2.11. The summed E-state index contributed by atoms with van der Waals surface area (Å²) in [6.45, 7) is 2.91. The second-order valence-corrected chi connectivity index (χ2v) is 4.13. The molecule has 98 valence electrons. The van der Waals surface area contributed by atoms with Crippen molar-refractivity contribution < 1.29 is 4.74 Å². The van der Waals surface area contributed by atoms with Gasteiger partial charge in [-0.05, 0) is 48.5 Å². The highest BCUT2D eigenvalue weighted by molar-refractivity contribution is 7.80. The molecular weight excluding hydrogens is 246 g/mol. The van der Waals surface area contributed by atoms with Crippen LogP contribution in [0.5, 0.6) is 5.75 Å². The number of hydrazone groups is 1. The van der Waals surface area contributed by atoms with Gasteiger partial charge in [0.25, 0.3) is 0 Å². The third-order valence-corrected chi connectivity index (χ3v) is 2.55. The molecule has 18 heavy (non-hydrogen) atoms. The monoisotopic (exact) mass is 265 g/mol. The summed E-state index contributed by atoms with van der Waals surface area (Å²) in [5.41, 5.74) is 3.69. The van der Waals surface area contributed by atoms with Crippen molar-refractivity contribution in [3.63, 3.8) is 0 Å². The van der Waals surface area contributed by atoms with Gasteiger partial charge in [0.2, 0.25) is 0 Å². The van der Waals surface area contributed by atoms with E-state index < -0.39 is 0 Å². The fourth-order valence-corrected chi connectivity index (χ4v) is 1.26. The summed E-state index contributed by atoms with van der Waals surface area (Å²) < 4.78 is 5.57. The summed E-state index contributed by atoms with van der Waals surface area (Å²) >= 11 is 4.89. The Labute approximate surface area is 113 Å². The summed E-state index contributed by atoms with van der Waals surface area (Å²) in [5, 5.41) is 7.26. The Morgan fingerprint density at radius 3 is 2.72 bits per heavy atom. The maximum absolute atomic E-state index is 5.57. The molecule has 0 aliphatic rings. The molecule has 0 heterocycles. The summed E-state index contributed by atoms with van der Waals surface area (Å²) in [4.78, 5) is 0. The number of nitrogens with one attached hydrogen (secondary N) is 2. The Hall–Kier alpha value is -1.62. The molecule has 4 nitrogen and oxygen atoms in total. The molecule has 5 heteroatoms. The SMILES string of the molecule is CCCCOc1ccc(/C=N/NC(=S)NC)cc1. The number of unbranched alkanes of at least 4 members (excludes halogenated alkanes) is 1. The van der Waals surface area contributed by atoms with Crippen LogP contribution in [0.15, 0.2) is 29.4 Å². The van der Waals surface area contributed by atoms with E-state index in [4.69, 9.17) is 17.0 Å². The average molecular weight is 265 g/mol. The molecule has 0 aliphatic carbocycles. The van der Waals surface area contributed by atoms with Gasteiger partial charge < -0.3 is 10.1 Å². The standard InChI is InChI=1S/C13H19N3OS/c1-3-4-9-17-12-7-5-11(6-8-12)10-15-16-13(18)14-2/h5-8,10H,3-4,9H2,1-2H3,(H2,14,16,18)/b15-10+. The fraction of sp³-hybridized carbons (Fsp3) is 0.385. The third-order valence-electron chi connectivity index (χ3n) is 2.25. The van der Waals surface area contributed by atoms with Gasteiger partial charge in [0.05, 0.1) is 12.8 Å². The average Bonchev–Trinajstić information content (AvgIpc) is 2.40. The first kappa shape index (κ1) is 14.4. The van der Waals surface area contributed by atoms with Gasteiger partial charge in [-0.1, -0.05) is 13.3 Å². The van der Waals surface area contributed by atoms with E-state index in [1.807, 2.05) is 24.3 Å². The fourth-order valence-electron chi connectivity index (χ4n) is 1.21. The zero-order valence-corrected chi connectivity index (χ0v) is 11.6. The zero-order chi connectivity index (χ0) is 13.2. The molecule has 0 bridgehead atoms. The molecule has 0 fully saturated rings. The first-order valence-corrected chi connectivity index (χ1v) is 6.40. The normalized spacial score (nSPS) is 10.3. The topological polar surface area (TPSA) is 45.6 Å². The predicted molar refractivity (Wildman–Crippen MR) is 79.2 cm³/mol. The van der Waals surface area contributed by atoms with Crippen molar-refractivity contribution in [3.8, 4) is 5.75 Å². The smallest absolute Gasteiger partial charge is 0.186 e. The molecule has 0 radical (unpaired) electrons. The minimum atomic E-state index is 0.491. The molecule has 0 aromatic heterocycles. The molecule has 1 rings (SSSR count). The van der Waals surface area contributed by atoms with Crippen molar-refractivity contribution in [2.24, 2.45) is 5.10 Å². The van der Waals surface area contributed by atoms with Crippen LogP contribution in [0.3, 0.4) is 0 Å². The van der Waals surface area contributed by atoms with Gasteiger partial charge in [-0.15, -0.1) is 0 Å². The number of thiocarbonyl (C=S) groups is 1. The molecule has 0 saturated carbocycles. The molecular formula is C13H19N3OS. The molecule has 0 amide bonds. The van der Waals surface area contributed by atoms with Gasteiger partial charge in [0.1, 0.15) is 5.75 Å². The molecule has 2 N–H and O–H groups in total. The van der Waals surface area contributed by atoms with Gasteiger partial charge in [-0.25, -0.2) is 0 Å². The molecule has 0 unspecified atom stereocenters. The minimum Gasteiger partial charge on any atom is -0.494 e. The maximum atomic E-state index is 5.57. The van der Waals surface area contributed by atoms with Crippen LogP contribution in [0.1, 0.15) is 25.3 Å². The van der Waals surface area contributed by atoms with Crippen molar-refractivity contribution in [3.05, 3.63) is 29.8 Å². The number of hydrogen-bond donors (Lipinski definition) is 2. The maximum Gasteiger partial charge on any atom is 0.186 e. The van der Waals surface area contributed by atoms with E-state index in [2.05, 4.69) is 22.8 Å². The van der Waals surface area contributed by atoms with E-state index in [1.165, 1.54) is 0 Å². The van der Waals surface area contributed by atoms with Gasteiger partial charge in [-0.2, -0.15) is 5.10 Å². The van der Waals surface area contributed by atoms with E-state index >= 15 is 0 Å². The number of benzene rings is 1. The molecule has 0 saturated heterocycles. The largest absolute Gasteiger partial charge is 0.494 e. The lowest BCUT2D eigenvalue weighted by Gasteiger charge is -2.05. The highest BCUT2D eigenvalue weighted by Gasteiger charge is 1.93. The Balaban J connectivity index is 2.42.